The van der Waals surface area contributed by atoms with E-state index < -0.39 is 5.97 Å². The Balaban J connectivity index is 1.81. The van der Waals surface area contributed by atoms with E-state index >= 15 is 0 Å². The highest BCUT2D eigenvalue weighted by atomic mass is 16.4. The summed E-state index contributed by atoms with van der Waals surface area (Å²) in [5.74, 6) is -0.00210. The number of hydrogen-bond donors (Lipinski definition) is 1. The second-order valence-corrected chi connectivity index (χ2v) is 5.06. The van der Waals surface area contributed by atoms with Crippen LogP contribution in [0.5, 0.6) is 0 Å². The Labute approximate surface area is 116 Å². The molecule has 0 fully saturated rings. The fourth-order valence-electron chi connectivity index (χ4n) is 2.70. The number of nitrogens with zero attached hydrogens (tertiary/aromatic N) is 2. The summed E-state index contributed by atoms with van der Waals surface area (Å²) in [7, 11) is 0. The SMILES string of the molecule is Cc1ocnc1CN1CCc2c(cccc2C(=O)O)C1. The molecule has 0 spiro atoms. The third kappa shape index (κ3) is 2.32. The van der Waals surface area contributed by atoms with Gasteiger partial charge in [-0.3, -0.25) is 4.90 Å². The first-order valence-electron chi connectivity index (χ1n) is 6.60. The number of rotatable bonds is 3. The Morgan fingerprint density at radius 3 is 3.05 bits per heavy atom. The van der Waals surface area contributed by atoms with E-state index in [2.05, 4.69) is 9.88 Å². The Hall–Kier alpha value is -2.14. The Kier molecular flexibility index (Phi) is 3.28. The molecule has 0 saturated heterocycles. The third-order valence-corrected chi connectivity index (χ3v) is 3.79. The van der Waals surface area contributed by atoms with Gasteiger partial charge in [0.15, 0.2) is 6.39 Å². The topological polar surface area (TPSA) is 66.6 Å². The molecule has 1 aliphatic rings. The molecule has 104 valence electrons. The van der Waals surface area contributed by atoms with E-state index in [1.54, 1.807) is 6.07 Å². The molecule has 2 heterocycles. The Morgan fingerprint density at radius 2 is 2.35 bits per heavy atom. The fraction of sp³-hybridized carbons (Fsp3) is 0.333. The molecule has 2 aromatic rings. The summed E-state index contributed by atoms with van der Waals surface area (Å²) in [6.45, 7) is 4.23. The number of carboxylic acids is 1. The molecule has 1 N–H and O–H groups in total. The van der Waals surface area contributed by atoms with Crippen LogP contribution in [-0.2, 0) is 19.5 Å². The van der Waals surface area contributed by atoms with Gasteiger partial charge in [0.25, 0.3) is 0 Å². The minimum Gasteiger partial charge on any atom is -0.478 e. The van der Waals surface area contributed by atoms with Gasteiger partial charge in [-0.05, 0) is 30.5 Å². The summed E-state index contributed by atoms with van der Waals surface area (Å²) in [5.41, 5.74) is 3.44. The van der Waals surface area contributed by atoms with E-state index in [9.17, 15) is 9.90 Å². The number of oxazole rings is 1. The fourth-order valence-corrected chi connectivity index (χ4v) is 2.70. The highest BCUT2D eigenvalue weighted by Crippen LogP contribution is 2.24. The van der Waals surface area contributed by atoms with Crippen molar-refractivity contribution in [2.24, 2.45) is 0 Å². The predicted octanol–water partition coefficient (Wildman–Crippen LogP) is 2.24. The first-order chi connectivity index (χ1) is 9.65. The maximum atomic E-state index is 11.2. The summed E-state index contributed by atoms with van der Waals surface area (Å²) in [4.78, 5) is 17.7. The van der Waals surface area contributed by atoms with Crippen LogP contribution in [0.4, 0.5) is 0 Å². The molecule has 5 heteroatoms. The van der Waals surface area contributed by atoms with Crippen molar-refractivity contribution in [1.29, 1.82) is 0 Å². The van der Waals surface area contributed by atoms with Crippen LogP contribution in [0.3, 0.4) is 0 Å². The van der Waals surface area contributed by atoms with Crippen molar-refractivity contribution in [3.8, 4) is 0 Å². The van der Waals surface area contributed by atoms with Gasteiger partial charge in [-0.15, -0.1) is 0 Å². The quantitative estimate of drug-likeness (QED) is 0.928. The molecule has 0 atom stereocenters. The molecule has 0 saturated carbocycles. The molecule has 5 nitrogen and oxygen atoms in total. The van der Waals surface area contributed by atoms with Crippen LogP contribution in [0.2, 0.25) is 0 Å². The maximum Gasteiger partial charge on any atom is 0.335 e. The third-order valence-electron chi connectivity index (χ3n) is 3.79. The number of fused-ring (bicyclic) bond motifs is 1. The van der Waals surface area contributed by atoms with Gasteiger partial charge in [0.1, 0.15) is 5.76 Å². The van der Waals surface area contributed by atoms with Gasteiger partial charge in [0, 0.05) is 19.6 Å². The summed E-state index contributed by atoms with van der Waals surface area (Å²) >= 11 is 0. The zero-order chi connectivity index (χ0) is 14.1. The summed E-state index contributed by atoms with van der Waals surface area (Å²) in [6, 6.07) is 5.50. The van der Waals surface area contributed by atoms with Crippen molar-refractivity contribution >= 4 is 5.97 Å². The first-order valence-corrected chi connectivity index (χ1v) is 6.60. The normalized spacial score (nSPS) is 15.1. The summed E-state index contributed by atoms with van der Waals surface area (Å²) in [5, 5.41) is 9.21. The van der Waals surface area contributed by atoms with E-state index in [0.717, 1.165) is 48.6 Å². The lowest BCUT2D eigenvalue weighted by Crippen LogP contribution is -2.31. The summed E-state index contributed by atoms with van der Waals surface area (Å²) < 4.78 is 5.21. The van der Waals surface area contributed by atoms with E-state index in [-0.39, 0.29) is 0 Å². The molecule has 0 radical (unpaired) electrons. The average molecular weight is 272 g/mol. The standard InChI is InChI=1S/C15H16N2O3/c1-10-14(16-9-20-10)8-17-6-5-12-11(7-17)3-2-4-13(12)15(18)19/h2-4,9H,5-8H2,1H3,(H,18,19). The van der Waals surface area contributed by atoms with Gasteiger partial charge >= 0.3 is 5.97 Å². The van der Waals surface area contributed by atoms with Crippen molar-refractivity contribution in [1.82, 2.24) is 9.88 Å². The van der Waals surface area contributed by atoms with Crippen LogP contribution >= 0.6 is 0 Å². The van der Waals surface area contributed by atoms with Gasteiger partial charge in [0.05, 0.1) is 11.3 Å². The van der Waals surface area contributed by atoms with E-state index in [0.29, 0.717) is 5.56 Å². The van der Waals surface area contributed by atoms with E-state index in [1.165, 1.54) is 6.39 Å². The minimum absolute atomic E-state index is 0.430. The van der Waals surface area contributed by atoms with Crippen LogP contribution in [0.15, 0.2) is 29.0 Å². The molecule has 1 aromatic heterocycles. The molecule has 0 unspecified atom stereocenters. The second kappa shape index (κ2) is 5.09. The maximum absolute atomic E-state index is 11.2. The largest absolute Gasteiger partial charge is 0.478 e. The van der Waals surface area contributed by atoms with E-state index in [1.807, 2.05) is 19.1 Å². The number of aromatic nitrogens is 1. The first kappa shape index (κ1) is 12.9. The highest BCUT2D eigenvalue weighted by Gasteiger charge is 2.22. The minimum atomic E-state index is -0.845. The second-order valence-electron chi connectivity index (χ2n) is 5.06. The predicted molar refractivity (Wildman–Crippen MR) is 72.5 cm³/mol. The molecule has 0 bridgehead atoms. The van der Waals surface area contributed by atoms with Gasteiger partial charge in [-0.1, -0.05) is 12.1 Å². The number of aromatic carboxylic acids is 1. The van der Waals surface area contributed by atoms with Crippen molar-refractivity contribution < 1.29 is 14.3 Å². The van der Waals surface area contributed by atoms with Crippen molar-refractivity contribution in [3.63, 3.8) is 0 Å². The van der Waals surface area contributed by atoms with Gasteiger partial charge < -0.3 is 9.52 Å². The molecular weight excluding hydrogens is 256 g/mol. The van der Waals surface area contributed by atoms with Crippen LogP contribution in [0, 0.1) is 6.92 Å². The lowest BCUT2D eigenvalue weighted by atomic mass is 9.94. The zero-order valence-electron chi connectivity index (χ0n) is 11.3. The van der Waals surface area contributed by atoms with Gasteiger partial charge in [-0.2, -0.15) is 0 Å². The highest BCUT2D eigenvalue weighted by molar-refractivity contribution is 5.89. The molecule has 0 aliphatic carbocycles. The molecule has 1 aromatic carbocycles. The number of aryl methyl sites for hydroxylation is 1. The number of hydrogen-bond acceptors (Lipinski definition) is 4. The zero-order valence-corrected chi connectivity index (χ0v) is 11.3. The van der Waals surface area contributed by atoms with Crippen molar-refractivity contribution in [2.75, 3.05) is 6.54 Å². The van der Waals surface area contributed by atoms with Crippen LogP contribution in [0.1, 0.15) is 32.9 Å². The van der Waals surface area contributed by atoms with Crippen LogP contribution in [-0.4, -0.2) is 27.5 Å². The lowest BCUT2D eigenvalue weighted by Gasteiger charge is -2.29. The number of carbonyl (C=O) groups is 1. The number of benzene rings is 1. The molecule has 1 aliphatic heterocycles. The van der Waals surface area contributed by atoms with Crippen molar-refractivity contribution in [2.45, 2.75) is 26.4 Å². The van der Waals surface area contributed by atoms with E-state index in [4.69, 9.17) is 4.42 Å². The number of carboxylic acid groups (broad SMARTS) is 1. The molecule has 20 heavy (non-hydrogen) atoms. The smallest absolute Gasteiger partial charge is 0.335 e. The Bertz CT molecular complexity index is 648. The Morgan fingerprint density at radius 1 is 1.50 bits per heavy atom. The molecule has 0 amide bonds. The van der Waals surface area contributed by atoms with Gasteiger partial charge in [-0.25, -0.2) is 9.78 Å². The van der Waals surface area contributed by atoms with Crippen LogP contribution in [0.25, 0.3) is 0 Å². The lowest BCUT2D eigenvalue weighted by molar-refractivity contribution is 0.0694. The molecular formula is C15H16N2O3. The molecule has 3 rings (SSSR count). The monoisotopic (exact) mass is 272 g/mol. The van der Waals surface area contributed by atoms with Gasteiger partial charge in [0.2, 0.25) is 0 Å². The van der Waals surface area contributed by atoms with Crippen molar-refractivity contribution in [3.05, 3.63) is 52.7 Å². The summed E-state index contributed by atoms with van der Waals surface area (Å²) in [6.07, 6.45) is 2.22. The average Bonchev–Trinajstić information content (AvgIpc) is 2.83. The van der Waals surface area contributed by atoms with Crippen LogP contribution < -0.4 is 0 Å².